The van der Waals surface area contributed by atoms with Crippen molar-refractivity contribution in [3.8, 4) is 0 Å². The summed E-state index contributed by atoms with van der Waals surface area (Å²) in [6, 6.07) is 0. The van der Waals surface area contributed by atoms with Gasteiger partial charge >= 0.3 is 0 Å². The molecule has 0 aromatic carbocycles. The molecule has 0 rings (SSSR count). The van der Waals surface area contributed by atoms with Crippen LogP contribution in [0.5, 0.6) is 0 Å². The molecule has 0 aliphatic heterocycles. The molecule has 0 aromatic heterocycles. The Kier molecular flexibility index (Phi) is 21.1. The summed E-state index contributed by atoms with van der Waals surface area (Å²) in [5, 5.41) is 0. The first-order valence-corrected chi connectivity index (χ1v) is 14.7. The fraction of sp³-hybridized carbons (Fsp3) is 1.00. The van der Waals surface area contributed by atoms with Crippen LogP contribution in [0.3, 0.4) is 0 Å². The van der Waals surface area contributed by atoms with Gasteiger partial charge in [-0.3, -0.25) is 0 Å². The van der Waals surface area contributed by atoms with Crippen molar-refractivity contribution >= 4 is 10.0 Å². The summed E-state index contributed by atoms with van der Waals surface area (Å²) in [5.74, 6) is 0.351. The molecule has 0 saturated heterocycles. The van der Waals surface area contributed by atoms with Crippen LogP contribution in [0.25, 0.3) is 0 Å². The molecule has 0 saturated carbocycles. The quantitative estimate of drug-likeness (QED) is 0.153. The second-order valence-corrected chi connectivity index (χ2v) is 11.0. The summed E-state index contributed by atoms with van der Waals surface area (Å²) < 4.78 is 27.6. The summed E-state index contributed by atoms with van der Waals surface area (Å²) in [4.78, 5) is 0. The van der Waals surface area contributed by atoms with E-state index in [4.69, 9.17) is 0 Å². The summed E-state index contributed by atoms with van der Waals surface area (Å²) in [7, 11) is -3.08. The molecule has 0 bridgehead atoms. The molecule has 0 amide bonds. The van der Waals surface area contributed by atoms with Gasteiger partial charge < -0.3 is 0 Å². The summed E-state index contributed by atoms with van der Waals surface area (Å²) in [6.45, 7) is 8.16. The van der Waals surface area contributed by atoms with Gasteiger partial charge in [0.1, 0.15) is 0 Å². The van der Waals surface area contributed by atoms with Gasteiger partial charge in [-0.2, -0.15) is 0 Å². The predicted molar refractivity (Wildman–Crippen MR) is 130 cm³/mol. The lowest BCUT2D eigenvalue weighted by atomic mass is 10.1. The molecule has 29 heavy (non-hydrogen) atoms. The second kappa shape index (κ2) is 21.2. The Hall–Kier alpha value is -0.0900. The van der Waals surface area contributed by atoms with Crippen LogP contribution in [-0.2, 0) is 10.0 Å². The average molecular weight is 432 g/mol. The van der Waals surface area contributed by atoms with Crippen LogP contribution in [0.4, 0.5) is 0 Å². The highest BCUT2D eigenvalue weighted by Crippen LogP contribution is 2.14. The van der Waals surface area contributed by atoms with Gasteiger partial charge in [0.15, 0.2) is 0 Å². The van der Waals surface area contributed by atoms with E-state index >= 15 is 0 Å². The van der Waals surface area contributed by atoms with Crippen molar-refractivity contribution in [3.05, 3.63) is 0 Å². The number of unbranched alkanes of at least 4 members (excludes halogenated alkanes) is 16. The van der Waals surface area contributed by atoms with Crippen molar-refractivity contribution in [2.75, 3.05) is 18.8 Å². The van der Waals surface area contributed by atoms with Crippen LogP contribution in [0.2, 0.25) is 0 Å². The number of sulfonamides is 1. The Morgan fingerprint density at radius 2 is 0.759 bits per heavy atom. The van der Waals surface area contributed by atoms with Gasteiger partial charge in [-0.05, 0) is 19.3 Å². The zero-order valence-electron chi connectivity index (χ0n) is 20.2. The lowest BCUT2D eigenvalue weighted by Gasteiger charge is -2.22. The molecule has 0 N–H and O–H groups in total. The lowest BCUT2D eigenvalue weighted by Crippen LogP contribution is -2.35. The van der Waals surface area contributed by atoms with Gasteiger partial charge in [-0.1, -0.05) is 124 Å². The highest BCUT2D eigenvalue weighted by molar-refractivity contribution is 7.89. The molecular formula is C25H53NO2S. The Bertz CT molecular complexity index is 423. The smallest absolute Gasteiger partial charge is 0.212 e. The maximum atomic E-state index is 12.9. The first-order chi connectivity index (χ1) is 14.1. The topological polar surface area (TPSA) is 37.4 Å². The Morgan fingerprint density at radius 1 is 0.448 bits per heavy atom. The minimum absolute atomic E-state index is 0.351. The third-order valence-electron chi connectivity index (χ3n) is 5.92. The van der Waals surface area contributed by atoms with E-state index in [9.17, 15) is 8.42 Å². The van der Waals surface area contributed by atoms with E-state index in [1.54, 1.807) is 0 Å². The molecule has 0 unspecified atom stereocenters. The monoisotopic (exact) mass is 431 g/mol. The third kappa shape index (κ3) is 18.4. The van der Waals surface area contributed by atoms with Crippen LogP contribution >= 0.6 is 0 Å². The minimum atomic E-state index is -3.08. The minimum Gasteiger partial charge on any atom is -0.212 e. The molecule has 176 valence electrons. The maximum Gasteiger partial charge on any atom is 0.214 e. The van der Waals surface area contributed by atoms with Gasteiger partial charge in [0.25, 0.3) is 0 Å². The third-order valence-corrected chi connectivity index (χ3v) is 7.88. The van der Waals surface area contributed by atoms with Crippen molar-refractivity contribution in [1.82, 2.24) is 4.31 Å². The van der Waals surface area contributed by atoms with Crippen molar-refractivity contribution in [2.24, 2.45) is 0 Å². The van der Waals surface area contributed by atoms with Crippen LogP contribution < -0.4 is 0 Å². The fourth-order valence-corrected chi connectivity index (χ4v) is 5.54. The van der Waals surface area contributed by atoms with E-state index in [0.29, 0.717) is 5.75 Å². The average Bonchev–Trinajstić information content (AvgIpc) is 2.70. The molecule has 0 aliphatic carbocycles. The normalized spacial score (nSPS) is 12.1. The number of rotatable bonds is 23. The van der Waals surface area contributed by atoms with E-state index < -0.39 is 10.0 Å². The van der Waals surface area contributed by atoms with Crippen LogP contribution in [0, 0.1) is 0 Å². The molecule has 0 aliphatic rings. The molecular weight excluding hydrogens is 378 g/mol. The van der Waals surface area contributed by atoms with Crippen molar-refractivity contribution in [3.63, 3.8) is 0 Å². The van der Waals surface area contributed by atoms with Crippen molar-refractivity contribution in [2.45, 2.75) is 143 Å². The highest BCUT2D eigenvalue weighted by atomic mass is 32.2. The van der Waals surface area contributed by atoms with Crippen LogP contribution in [0.15, 0.2) is 0 Å². The van der Waals surface area contributed by atoms with Crippen LogP contribution in [0.1, 0.15) is 143 Å². The lowest BCUT2D eigenvalue weighted by molar-refractivity contribution is 0.382. The zero-order chi connectivity index (χ0) is 21.6. The summed E-state index contributed by atoms with van der Waals surface area (Å²) in [5.41, 5.74) is 0. The number of hydrogen-bond acceptors (Lipinski definition) is 2. The SMILES string of the molecule is CCCCCCCCCCN(CCCCCCCC)S(=O)(=O)CCCCCCC. The van der Waals surface area contributed by atoms with E-state index in [2.05, 4.69) is 20.8 Å². The van der Waals surface area contributed by atoms with E-state index in [1.165, 1.54) is 96.3 Å². The first-order valence-electron chi connectivity index (χ1n) is 13.1. The van der Waals surface area contributed by atoms with Gasteiger partial charge in [-0.25, -0.2) is 12.7 Å². The molecule has 3 nitrogen and oxygen atoms in total. The van der Waals surface area contributed by atoms with E-state index in [-0.39, 0.29) is 0 Å². The maximum absolute atomic E-state index is 12.9. The summed E-state index contributed by atoms with van der Waals surface area (Å²) >= 11 is 0. The first kappa shape index (κ1) is 28.9. The Morgan fingerprint density at radius 3 is 1.14 bits per heavy atom. The van der Waals surface area contributed by atoms with Gasteiger partial charge in [0.2, 0.25) is 10.0 Å². The molecule has 0 atom stereocenters. The molecule has 0 spiro atoms. The van der Waals surface area contributed by atoms with E-state index in [1.807, 2.05) is 4.31 Å². The number of nitrogens with zero attached hydrogens (tertiary/aromatic N) is 1. The largest absolute Gasteiger partial charge is 0.214 e. The molecule has 0 heterocycles. The molecule has 4 heteroatoms. The zero-order valence-corrected chi connectivity index (χ0v) is 21.0. The molecule has 0 aromatic rings. The molecule has 0 radical (unpaired) electrons. The van der Waals surface area contributed by atoms with Gasteiger partial charge in [0.05, 0.1) is 5.75 Å². The second-order valence-electron chi connectivity index (χ2n) is 8.87. The molecule has 0 fully saturated rings. The number of hydrogen-bond donors (Lipinski definition) is 0. The van der Waals surface area contributed by atoms with Gasteiger partial charge in [-0.15, -0.1) is 0 Å². The van der Waals surface area contributed by atoms with Crippen molar-refractivity contribution < 1.29 is 8.42 Å². The van der Waals surface area contributed by atoms with Crippen molar-refractivity contribution in [1.29, 1.82) is 0 Å². The predicted octanol–water partition coefficient (Wildman–Crippen LogP) is 8.09. The fourth-order valence-electron chi connectivity index (χ4n) is 3.90. The summed E-state index contributed by atoms with van der Waals surface area (Å²) in [6.07, 6.45) is 22.9. The Balaban J connectivity index is 4.25. The van der Waals surface area contributed by atoms with Gasteiger partial charge in [0, 0.05) is 13.1 Å². The van der Waals surface area contributed by atoms with E-state index in [0.717, 1.165) is 38.8 Å². The standard InChI is InChI=1S/C25H53NO2S/c1-4-7-10-13-15-16-18-21-24-26(23-20-17-14-11-8-5-2)29(27,28)25-22-19-12-9-6-3/h4-25H2,1-3H3. The van der Waals surface area contributed by atoms with Crippen LogP contribution in [-0.4, -0.2) is 31.6 Å². The highest BCUT2D eigenvalue weighted by Gasteiger charge is 2.20. The Labute approximate surface area is 184 Å².